The Morgan fingerprint density at radius 1 is 1.43 bits per heavy atom. The van der Waals surface area contributed by atoms with E-state index in [0.29, 0.717) is 16.3 Å². The molecule has 0 bridgehead atoms. The number of nitro benzene ring substituents is 1. The topological polar surface area (TPSA) is 93.3 Å². The lowest BCUT2D eigenvalue weighted by molar-refractivity contribution is -0.384. The SMILES string of the molecule is Cc1ccc([N+](=O)[O-])cc1-c1nc(C(C)C)c(C(=O)O)s1. The van der Waals surface area contributed by atoms with Crippen LogP contribution in [0.2, 0.25) is 0 Å². The van der Waals surface area contributed by atoms with Gasteiger partial charge in [-0.1, -0.05) is 19.9 Å². The predicted molar refractivity (Wildman–Crippen MR) is 80.0 cm³/mol. The molecule has 7 heteroatoms. The summed E-state index contributed by atoms with van der Waals surface area (Å²) in [5, 5.41) is 20.6. The van der Waals surface area contributed by atoms with Crippen molar-refractivity contribution in [2.24, 2.45) is 0 Å². The first-order chi connectivity index (χ1) is 9.81. The maximum Gasteiger partial charge on any atom is 0.347 e. The van der Waals surface area contributed by atoms with E-state index in [-0.39, 0.29) is 16.5 Å². The second-order valence-electron chi connectivity index (χ2n) is 4.95. The number of hydrogen-bond donors (Lipinski definition) is 1. The van der Waals surface area contributed by atoms with E-state index >= 15 is 0 Å². The molecule has 0 aliphatic carbocycles. The molecule has 1 N–H and O–H groups in total. The van der Waals surface area contributed by atoms with Gasteiger partial charge in [0.05, 0.1) is 10.6 Å². The molecule has 0 spiro atoms. The number of nitrogens with zero attached hydrogens (tertiary/aromatic N) is 2. The molecule has 0 aliphatic rings. The van der Waals surface area contributed by atoms with Gasteiger partial charge in [0.2, 0.25) is 0 Å². The largest absolute Gasteiger partial charge is 0.477 e. The highest BCUT2D eigenvalue weighted by molar-refractivity contribution is 7.17. The molecule has 21 heavy (non-hydrogen) atoms. The van der Waals surface area contributed by atoms with Crippen LogP contribution in [0.5, 0.6) is 0 Å². The molecular formula is C14H14N2O4S. The average Bonchev–Trinajstić information content (AvgIpc) is 2.84. The third-order valence-electron chi connectivity index (χ3n) is 3.06. The zero-order chi connectivity index (χ0) is 15.7. The quantitative estimate of drug-likeness (QED) is 0.684. The fraction of sp³-hybridized carbons (Fsp3) is 0.286. The standard InChI is InChI=1S/C14H14N2O4S/c1-7(2)11-12(14(17)18)21-13(15-11)10-6-9(16(19)20)5-4-8(10)3/h4-7H,1-3H3,(H,17,18). The molecule has 0 atom stereocenters. The van der Waals surface area contributed by atoms with E-state index < -0.39 is 10.9 Å². The Kier molecular flexibility index (Phi) is 4.04. The summed E-state index contributed by atoms with van der Waals surface area (Å²) in [5.74, 6) is -1.05. The number of nitro groups is 1. The van der Waals surface area contributed by atoms with E-state index in [4.69, 9.17) is 0 Å². The van der Waals surface area contributed by atoms with E-state index in [1.165, 1.54) is 12.1 Å². The van der Waals surface area contributed by atoms with Gasteiger partial charge < -0.3 is 5.11 Å². The monoisotopic (exact) mass is 306 g/mol. The molecule has 0 saturated carbocycles. The Morgan fingerprint density at radius 3 is 2.57 bits per heavy atom. The minimum Gasteiger partial charge on any atom is -0.477 e. The Hall–Kier alpha value is -2.28. The van der Waals surface area contributed by atoms with E-state index in [2.05, 4.69) is 4.98 Å². The lowest BCUT2D eigenvalue weighted by atomic mass is 10.1. The summed E-state index contributed by atoms with van der Waals surface area (Å²) < 4.78 is 0. The molecule has 110 valence electrons. The summed E-state index contributed by atoms with van der Waals surface area (Å²) in [7, 11) is 0. The number of benzene rings is 1. The van der Waals surface area contributed by atoms with Crippen LogP contribution < -0.4 is 0 Å². The van der Waals surface area contributed by atoms with E-state index in [1.54, 1.807) is 6.07 Å². The number of aryl methyl sites for hydroxylation is 1. The number of thiazole rings is 1. The number of rotatable bonds is 4. The van der Waals surface area contributed by atoms with Crippen molar-refractivity contribution in [1.82, 2.24) is 4.98 Å². The van der Waals surface area contributed by atoms with Crippen molar-refractivity contribution in [2.45, 2.75) is 26.7 Å². The van der Waals surface area contributed by atoms with Gasteiger partial charge in [-0.25, -0.2) is 9.78 Å². The molecule has 0 amide bonds. The van der Waals surface area contributed by atoms with Crippen LogP contribution in [-0.2, 0) is 0 Å². The Bertz CT molecular complexity index is 722. The lowest BCUT2D eigenvalue weighted by Gasteiger charge is -2.02. The van der Waals surface area contributed by atoms with E-state index in [1.807, 2.05) is 20.8 Å². The Balaban J connectivity index is 2.62. The summed E-state index contributed by atoms with van der Waals surface area (Å²) in [5.41, 5.74) is 1.90. The first-order valence-electron chi connectivity index (χ1n) is 6.30. The molecule has 0 unspecified atom stereocenters. The van der Waals surface area contributed by atoms with Crippen molar-refractivity contribution >= 4 is 23.0 Å². The molecule has 0 aliphatic heterocycles. The van der Waals surface area contributed by atoms with Crippen molar-refractivity contribution in [2.75, 3.05) is 0 Å². The summed E-state index contributed by atoms with van der Waals surface area (Å²) in [4.78, 5) is 26.3. The smallest absolute Gasteiger partial charge is 0.347 e. The van der Waals surface area contributed by atoms with Gasteiger partial charge in [-0.3, -0.25) is 10.1 Å². The molecule has 2 rings (SSSR count). The fourth-order valence-corrected chi connectivity index (χ4v) is 3.09. The highest BCUT2D eigenvalue weighted by Gasteiger charge is 2.22. The normalized spacial score (nSPS) is 10.9. The molecule has 0 fully saturated rings. The highest BCUT2D eigenvalue weighted by atomic mass is 32.1. The number of hydrogen-bond acceptors (Lipinski definition) is 5. The van der Waals surface area contributed by atoms with Crippen LogP contribution in [0.1, 0.15) is 40.7 Å². The third-order valence-corrected chi connectivity index (χ3v) is 4.15. The molecular weight excluding hydrogens is 292 g/mol. The van der Waals surface area contributed by atoms with Crippen LogP contribution >= 0.6 is 11.3 Å². The van der Waals surface area contributed by atoms with Crippen LogP contribution in [-0.4, -0.2) is 21.0 Å². The molecule has 0 radical (unpaired) electrons. The van der Waals surface area contributed by atoms with Crippen molar-refractivity contribution in [3.05, 3.63) is 44.4 Å². The Labute approximate surface area is 125 Å². The van der Waals surface area contributed by atoms with Gasteiger partial charge in [-0.05, 0) is 18.4 Å². The van der Waals surface area contributed by atoms with Gasteiger partial charge in [0.15, 0.2) is 0 Å². The van der Waals surface area contributed by atoms with Crippen molar-refractivity contribution < 1.29 is 14.8 Å². The van der Waals surface area contributed by atoms with Crippen LogP contribution in [0, 0.1) is 17.0 Å². The minimum atomic E-state index is -1.02. The summed E-state index contributed by atoms with van der Waals surface area (Å²) in [6.07, 6.45) is 0. The summed E-state index contributed by atoms with van der Waals surface area (Å²) in [6.45, 7) is 5.55. The van der Waals surface area contributed by atoms with Crippen molar-refractivity contribution in [1.29, 1.82) is 0 Å². The number of aromatic carboxylic acids is 1. The van der Waals surface area contributed by atoms with E-state index in [0.717, 1.165) is 16.9 Å². The predicted octanol–water partition coefficient (Wildman–Crippen LogP) is 3.85. The van der Waals surface area contributed by atoms with Crippen LogP contribution in [0.25, 0.3) is 10.6 Å². The Morgan fingerprint density at radius 2 is 2.10 bits per heavy atom. The van der Waals surface area contributed by atoms with Gasteiger partial charge >= 0.3 is 5.97 Å². The zero-order valence-corrected chi connectivity index (χ0v) is 12.6. The second kappa shape index (κ2) is 5.61. The number of non-ortho nitro benzene ring substituents is 1. The van der Waals surface area contributed by atoms with E-state index in [9.17, 15) is 20.0 Å². The number of carbonyl (C=O) groups is 1. The number of carboxylic acid groups (broad SMARTS) is 1. The van der Waals surface area contributed by atoms with Crippen LogP contribution in [0.4, 0.5) is 5.69 Å². The maximum absolute atomic E-state index is 11.3. The zero-order valence-electron chi connectivity index (χ0n) is 11.8. The van der Waals surface area contributed by atoms with Crippen molar-refractivity contribution in [3.63, 3.8) is 0 Å². The second-order valence-corrected chi connectivity index (χ2v) is 5.95. The van der Waals surface area contributed by atoms with Crippen molar-refractivity contribution in [3.8, 4) is 10.6 Å². The van der Waals surface area contributed by atoms with Gasteiger partial charge in [0.25, 0.3) is 5.69 Å². The highest BCUT2D eigenvalue weighted by Crippen LogP contribution is 2.35. The van der Waals surface area contributed by atoms with Gasteiger partial charge in [0, 0.05) is 17.7 Å². The van der Waals surface area contributed by atoms with Gasteiger partial charge in [0.1, 0.15) is 9.88 Å². The first kappa shape index (κ1) is 15.1. The van der Waals surface area contributed by atoms with Gasteiger partial charge in [-0.2, -0.15) is 0 Å². The molecule has 2 aromatic rings. The maximum atomic E-state index is 11.3. The number of aromatic nitrogens is 1. The summed E-state index contributed by atoms with van der Waals surface area (Å²) >= 11 is 1.05. The first-order valence-corrected chi connectivity index (χ1v) is 7.12. The third kappa shape index (κ3) is 2.92. The van der Waals surface area contributed by atoms with Crippen LogP contribution in [0.15, 0.2) is 18.2 Å². The molecule has 6 nitrogen and oxygen atoms in total. The number of carboxylic acids is 1. The molecule has 0 saturated heterocycles. The lowest BCUT2D eigenvalue weighted by Crippen LogP contribution is -2.00. The van der Waals surface area contributed by atoms with Gasteiger partial charge in [-0.15, -0.1) is 11.3 Å². The fourth-order valence-electron chi connectivity index (χ4n) is 1.95. The van der Waals surface area contributed by atoms with Crippen LogP contribution in [0.3, 0.4) is 0 Å². The average molecular weight is 306 g/mol. The minimum absolute atomic E-state index is 0.0277. The molecule has 1 aromatic carbocycles. The molecule has 1 aromatic heterocycles. The summed E-state index contributed by atoms with van der Waals surface area (Å²) in [6, 6.07) is 4.50. The molecule has 1 heterocycles.